The molecule has 7 heteroatoms. The van der Waals surface area contributed by atoms with Crippen molar-refractivity contribution in [2.24, 2.45) is 0 Å². The molecule has 0 N–H and O–H groups in total. The number of carbonyl (C=O) groups is 1. The Labute approximate surface area is 226 Å². The van der Waals surface area contributed by atoms with E-state index >= 15 is 0 Å². The van der Waals surface area contributed by atoms with Crippen LogP contribution in [0.1, 0.15) is 77.6 Å². The minimum absolute atomic E-state index is 0.102. The van der Waals surface area contributed by atoms with Crippen molar-refractivity contribution in [1.29, 1.82) is 0 Å². The Bertz CT molecular complexity index is 1290. The molecule has 0 bridgehead atoms. The van der Waals surface area contributed by atoms with Gasteiger partial charge in [0.2, 0.25) is 5.91 Å². The van der Waals surface area contributed by atoms with Gasteiger partial charge in [0, 0.05) is 32.1 Å². The molecule has 1 amide bonds. The zero-order chi connectivity index (χ0) is 27.1. The zero-order valence-electron chi connectivity index (χ0n) is 23.4. The number of unbranched alkanes of at least 4 members (excludes halogenated alkanes) is 5. The maximum atomic E-state index is 13.8. The first-order valence-electron chi connectivity index (χ1n) is 14.1. The second-order valence-electron chi connectivity index (χ2n) is 10.4. The Balaban J connectivity index is 1.54. The molecule has 204 valence electrons. The molecular formula is C31H42N4O3. The smallest absolute Gasteiger partial charge is 0.266 e. The summed E-state index contributed by atoms with van der Waals surface area (Å²) in [4.78, 5) is 36.1. The van der Waals surface area contributed by atoms with Gasteiger partial charge in [0.1, 0.15) is 11.6 Å². The van der Waals surface area contributed by atoms with E-state index in [0.717, 1.165) is 25.9 Å². The first kappa shape index (κ1) is 27.8. The summed E-state index contributed by atoms with van der Waals surface area (Å²) in [5, 5.41) is 0.577. The number of hydrogen-bond acceptors (Lipinski definition) is 5. The summed E-state index contributed by atoms with van der Waals surface area (Å²) >= 11 is 0. The van der Waals surface area contributed by atoms with Gasteiger partial charge in [-0.05, 0) is 44.5 Å². The number of ether oxygens (including phenoxy) is 1. The van der Waals surface area contributed by atoms with Crippen molar-refractivity contribution in [2.75, 3.05) is 26.7 Å². The lowest BCUT2D eigenvalue weighted by atomic mass is 10.1. The summed E-state index contributed by atoms with van der Waals surface area (Å²) in [6, 6.07) is 15.0. The number of rotatable bonds is 11. The van der Waals surface area contributed by atoms with E-state index in [0.29, 0.717) is 41.1 Å². The molecule has 2 aromatic carbocycles. The molecule has 38 heavy (non-hydrogen) atoms. The van der Waals surface area contributed by atoms with Gasteiger partial charge in [-0.15, -0.1) is 0 Å². The molecule has 4 rings (SSSR count). The highest BCUT2D eigenvalue weighted by Gasteiger charge is 2.32. The maximum Gasteiger partial charge on any atom is 0.266 e. The molecular weight excluding hydrogens is 476 g/mol. The van der Waals surface area contributed by atoms with Crippen LogP contribution in [0.4, 0.5) is 0 Å². The third-order valence-electron chi connectivity index (χ3n) is 7.77. The highest BCUT2D eigenvalue weighted by molar-refractivity contribution is 5.78. The largest absolute Gasteiger partial charge is 0.495 e. The normalized spacial score (nSPS) is 17.1. The molecule has 2 unspecified atom stereocenters. The van der Waals surface area contributed by atoms with Gasteiger partial charge in [-0.3, -0.25) is 19.1 Å². The van der Waals surface area contributed by atoms with Crippen LogP contribution in [0.3, 0.4) is 0 Å². The minimum Gasteiger partial charge on any atom is -0.495 e. The van der Waals surface area contributed by atoms with Crippen LogP contribution in [0.5, 0.6) is 5.75 Å². The summed E-state index contributed by atoms with van der Waals surface area (Å²) in [5.74, 6) is 1.56. The average molecular weight is 519 g/mol. The first-order valence-corrected chi connectivity index (χ1v) is 14.1. The monoisotopic (exact) mass is 518 g/mol. The van der Waals surface area contributed by atoms with Gasteiger partial charge >= 0.3 is 0 Å². The second-order valence-corrected chi connectivity index (χ2v) is 10.4. The molecule has 2 heterocycles. The lowest BCUT2D eigenvalue weighted by Gasteiger charge is -2.42. The van der Waals surface area contributed by atoms with Crippen molar-refractivity contribution in [1.82, 2.24) is 19.4 Å². The van der Waals surface area contributed by atoms with Crippen molar-refractivity contribution >= 4 is 16.8 Å². The van der Waals surface area contributed by atoms with Gasteiger partial charge in [0.25, 0.3) is 5.56 Å². The number of piperazine rings is 1. The average Bonchev–Trinajstić information content (AvgIpc) is 2.94. The van der Waals surface area contributed by atoms with Gasteiger partial charge in [-0.25, -0.2) is 4.98 Å². The molecule has 1 fully saturated rings. The van der Waals surface area contributed by atoms with E-state index in [1.54, 1.807) is 11.7 Å². The molecule has 0 spiro atoms. The van der Waals surface area contributed by atoms with E-state index < -0.39 is 0 Å². The number of nitrogens with zero attached hydrogens (tertiary/aromatic N) is 4. The number of hydrogen-bond donors (Lipinski definition) is 0. The summed E-state index contributed by atoms with van der Waals surface area (Å²) in [5.41, 5.74) is 1.26. The third kappa shape index (κ3) is 6.09. The number of carbonyl (C=O) groups excluding carboxylic acids is 1. The van der Waals surface area contributed by atoms with Crippen LogP contribution >= 0.6 is 0 Å². The van der Waals surface area contributed by atoms with E-state index in [1.807, 2.05) is 53.4 Å². The van der Waals surface area contributed by atoms with Crippen LogP contribution in [0, 0.1) is 0 Å². The predicted molar refractivity (Wildman–Crippen MR) is 153 cm³/mol. The molecule has 2 atom stereocenters. The zero-order valence-corrected chi connectivity index (χ0v) is 23.4. The van der Waals surface area contributed by atoms with Gasteiger partial charge in [-0.2, -0.15) is 0 Å². The SMILES string of the molecule is CCCCCCCCC(=O)N1CCN(C(C)c2nc3ccccc3c(=O)n2-c2ccccc2OC)CC1C. The van der Waals surface area contributed by atoms with E-state index in [-0.39, 0.29) is 23.6 Å². The number of para-hydroxylation sites is 3. The molecule has 7 nitrogen and oxygen atoms in total. The van der Waals surface area contributed by atoms with Crippen molar-refractivity contribution in [3.05, 3.63) is 64.7 Å². The molecule has 1 aliphatic rings. The molecule has 1 aromatic heterocycles. The fraction of sp³-hybridized carbons (Fsp3) is 0.516. The summed E-state index contributed by atoms with van der Waals surface area (Å²) in [6.07, 6.45) is 7.73. The molecule has 1 saturated heterocycles. The van der Waals surface area contributed by atoms with E-state index in [4.69, 9.17) is 9.72 Å². The lowest BCUT2D eigenvalue weighted by molar-refractivity contribution is -0.136. The molecule has 0 aliphatic carbocycles. The standard InChI is InChI=1S/C31H42N4O3/c1-5-6-7-8-9-10-19-29(36)34-21-20-33(22-23(34)2)24(3)30-32-26-16-12-11-15-25(26)31(37)35(30)27-17-13-14-18-28(27)38-4/h11-18,23-24H,5-10,19-22H2,1-4H3. The van der Waals surface area contributed by atoms with Crippen LogP contribution in [0.15, 0.2) is 53.3 Å². The van der Waals surface area contributed by atoms with Gasteiger partial charge in [0.15, 0.2) is 0 Å². The fourth-order valence-corrected chi connectivity index (χ4v) is 5.55. The molecule has 3 aromatic rings. The van der Waals surface area contributed by atoms with Crippen LogP contribution in [0.2, 0.25) is 0 Å². The highest BCUT2D eigenvalue weighted by atomic mass is 16.5. The summed E-state index contributed by atoms with van der Waals surface area (Å²) in [6.45, 7) is 8.61. The van der Waals surface area contributed by atoms with Crippen molar-refractivity contribution in [3.8, 4) is 11.4 Å². The maximum absolute atomic E-state index is 13.8. The Morgan fingerprint density at radius 3 is 2.50 bits per heavy atom. The molecule has 1 aliphatic heterocycles. The Morgan fingerprint density at radius 1 is 1.03 bits per heavy atom. The van der Waals surface area contributed by atoms with Gasteiger partial charge in [0.05, 0.1) is 29.7 Å². The predicted octanol–water partition coefficient (Wildman–Crippen LogP) is 5.74. The van der Waals surface area contributed by atoms with Crippen molar-refractivity contribution < 1.29 is 9.53 Å². The summed E-state index contributed by atoms with van der Waals surface area (Å²) < 4.78 is 7.32. The first-order chi connectivity index (χ1) is 18.5. The minimum atomic E-state index is -0.129. The topological polar surface area (TPSA) is 67.7 Å². The molecule has 0 saturated carbocycles. The quantitative estimate of drug-likeness (QED) is 0.303. The molecule has 0 radical (unpaired) electrons. The van der Waals surface area contributed by atoms with E-state index in [1.165, 1.54) is 25.7 Å². The van der Waals surface area contributed by atoms with Crippen LogP contribution in [0.25, 0.3) is 16.6 Å². The Morgan fingerprint density at radius 2 is 1.74 bits per heavy atom. The Hall–Kier alpha value is -3.19. The highest BCUT2D eigenvalue weighted by Crippen LogP contribution is 2.29. The number of methoxy groups -OCH3 is 1. The fourth-order valence-electron chi connectivity index (χ4n) is 5.55. The Kier molecular flexibility index (Phi) is 9.56. The number of fused-ring (bicyclic) bond motifs is 1. The van der Waals surface area contributed by atoms with Crippen LogP contribution in [-0.2, 0) is 4.79 Å². The van der Waals surface area contributed by atoms with E-state index in [2.05, 4.69) is 25.7 Å². The number of aromatic nitrogens is 2. The van der Waals surface area contributed by atoms with Gasteiger partial charge < -0.3 is 9.64 Å². The van der Waals surface area contributed by atoms with Crippen molar-refractivity contribution in [3.63, 3.8) is 0 Å². The van der Waals surface area contributed by atoms with Crippen LogP contribution in [-0.4, -0.2) is 58.0 Å². The summed E-state index contributed by atoms with van der Waals surface area (Å²) in [7, 11) is 1.62. The second kappa shape index (κ2) is 13.1. The third-order valence-corrected chi connectivity index (χ3v) is 7.77. The van der Waals surface area contributed by atoms with Crippen LogP contribution < -0.4 is 10.3 Å². The van der Waals surface area contributed by atoms with Crippen molar-refractivity contribution in [2.45, 2.75) is 77.8 Å². The number of benzene rings is 2. The number of amides is 1. The van der Waals surface area contributed by atoms with E-state index in [9.17, 15) is 9.59 Å². The van der Waals surface area contributed by atoms with Gasteiger partial charge in [-0.1, -0.05) is 63.3 Å². The lowest BCUT2D eigenvalue weighted by Crippen LogP contribution is -2.54.